The SMILES string of the molecule is COc1ccc(C2=NN(C(=O)c3ccccc3F)[C@H](c3ccccc3Cl)C2)cc1. The molecule has 0 spiro atoms. The molecule has 0 N–H and O–H groups in total. The van der Waals surface area contributed by atoms with Gasteiger partial charge in [0.1, 0.15) is 11.6 Å². The van der Waals surface area contributed by atoms with E-state index in [-0.39, 0.29) is 5.56 Å². The lowest BCUT2D eigenvalue weighted by Crippen LogP contribution is -2.28. The first-order chi connectivity index (χ1) is 14.1. The minimum absolute atomic E-state index is 0.0238. The fourth-order valence-electron chi connectivity index (χ4n) is 3.40. The van der Waals surface area contributed by atoms with Gasteiger partial charge in [0.05, 0.1) is 24.4 Å². The summed E-state index contributed by atoms with van der Waals surface area (Å²) < 4.78 is 19.5. The smallest absolute Gasteiger partial charge is 0.277 e. The predicted molar refractivity (Wildman–Crippen MR) is 111 cm³/mol. The number of rotatable bonds is 4. The second-order valence-corrected chi connectivity index (χ2v) is 7.05. The van der Waals surface area contributed by atoms with Gasteiger partial charge in [-0.1, -0.05) is 41.9 Å². The van der Waals surface area contributed by atoms with Crippen molar-refractivity contribution in [1.82, 2.24) is 5.01 Å². The van der Waals surface area contributed by atoms with Gasteiger partial charge in [-0.15, -0.1) is 0 Å². The molecular formula is C23H18ClFN2O2. The lowest BCUT2D eigenvalue weighted by Gasteiger charge is -2.23. The molecule has 0 radical (unpaired) electrons. The first-order valence-corrected chi connectivity index (χ1v) is 9.50. The Labute approximate surface area is 173 Å². The van der Waals surface area contributed by atoms with Gasteiger partial charge < -0.3 is 4.74 Å². The number of nitrogens with zero attached hydrogens (tertiary/aromatic N) is 2. The van der Waals surface area contributed by atoms with Gasteiger partial charge in [-0.2, -0.15) is 5.10 Å². The normalized spacial score (nSPS) is 15.9. The third kappa shape index (κ3) is 3.74. The van der Waals surface area contributed by atoms with Crippen LogP contribution in [-0.2, 0) is 0 Å². The van der Waals surface area contributed by atoms with Crippen molar-refractivity contribution in [3.8, 4) is 5.75 Å². The highest BCUT2D eigenvalue weighted by Crippen LogP contribution is 2.37. The highest BCUT2D eigenvalue weighted by Gasteiger charge is 2.35. The molecule has 0 aliphatic carbocycles. The van der Waals surface area contributed by atoms with Crippen molar-refractivity contribution in [2.45, 2.75) is 12.5 Å². The van der Waals surface area contributed by atoms with Crippen LogP contribution in [-0.4, -0.2) is 23.7 Å². The lowest BCUT2D eigenvalue weighted by atomic mass is 9.98. The third-order valence-electron chi connectivity index (χ3n) is 4.91. The van der Waals surface area contributed by atoms with E-state index in [2.05, 4.69) is 5.10 Å². The number of hydrogen-bond acceptors (Lipinski definition) is 3. The van der Waals surface area contributed by atoms with E-state index >= 15 is 0 Å². The molecule has 0 bridgehead atoms. The molecule has 1 aliphatic rings. The van der Waals surface area contributed by atoms with E-state index in [4.69, 9.17) is 16.3 Å². The fourth-order valence-corrected chi connectivity index (χ4v) is 3.66. The van der Waals surface area contributed by atoms with E-state index in [1.54, 1.807) is 25.3 Å². The number of benzene rings is 3. The highest BCUT2D eigenvalue weighted by atomic mass is 35.5. The molecule has 0 aromatic heterocycles. The molecule has 4 rings (SSSR count). The number of ether oxygens (including phenoxy) is 1. The fraction of sp³-hybridized carbons (Fsp3) is 0.130. The molecule has 3 aromatic rings. The van der Waals surface area contributed by atoms with E-state index < -0.39 is 17.8 Å². The molecule has 0 unspecified atom stereocenters. The van der Waals surface area contributed by atoms with Crippen LogP contribution in [0.25, 0.3) is 0 Å². The number of carbonyl (C=O) groups excluding carboxylic acids is 1. The van der Waals surface area contributed by atoms with Crippen LogP contribution < -0.4 is 4.74 Å². The van der Waals surface area contributed by atoms with Crippen LogP contribution in [0, 0.1) is 5.82 Å². The average molecular weight is 409 g/mol. The first-order valence-electron chi connectivity index (χ1n) is 9.13. The zero-order valence-electron chi connectivity index (χ0n) is 15.7. The molecule has 6 heteroatoms. The summed E-state index contributed by atoms with van der Waals surface area (Å²) in [7, 11) is 1.60. The molecule has 0 fully saturated rings. The van der Waals surface area contributed by atoms with Crippen molar-refractivity contribution in [3.05, 3.63) is 100 Å². The monoisotopic (exact) mass is 408 g/mol. The second-order valence-electron chi connectivity index (χ2n) is 6.65. The maximum Gasteiger partial charge on any atom is 0.277 e. The van der Waals surface area contributed by atoms with Gasteiger partial charge in [0, 0.05) is 11.4 Å². The molecule has 0 saturated heterocycles. The summed E-state index contributed by atoms with van der Waals surface area (Å²) in [6, 6.07) is 20.3. The number of methoxy groups -OCH3 is 1. The van der Waals surface area contributed by atoms with Gasteiger partial charge in [0.2, 0.25) is 0 Å². The molecule has 0 saturated carbocycles. The number of amides is 1. The Morgan fingerprint density at radius 2 is 1.76 bits per heavy atom. The quantitative estimate of drug-likeness (QED) is 0.573. The van der Waals surface area contributed by atoms with Gasteiger partial charge >= 0.3 is 0 Å². The van der Waals surface area contributed by atoms with Gasteiger partial charge in [-0.25, -0.2) is 9.40 Å². The van der Waals surface area contributed by atoms with Crippen LogP contribution in [0.4, 0.5) is 4.39 Å². The van der Waals surface area contributed by atoms with Gasteiger partial charge in [0.25, 0.3) is 5.91 Å². The van der Waals surface area contributed by atoms with Crippen molar-refractivity contribution in [2.24, 2.45) is 5.10 Å². The van der Waals surface area contributed by atoms with Crippen molar-refractivity contribution in [1.29, 1.82) is 0 Å². The van der Waals surface area contributed by atoms with Crippen molar-refractivity contribution >= 4 is 23.2 Å². The Hall–Kier alpha value is -3.18. The van der Waals surface area contributed by atoms with Crippen LogP contribution in [0.3, 0.4) is 0 Å². The summed E-state index contributed by atoms with van der Waals surface area (Å²) in [5.74, 6) is -0.352. The maximum atomic E-state index is 14.3. The summed E-state index contributed by atoms with van der Waals surface area (Å²) in [5, 5.41) is 6.43. The second kappa shape index (κ2) is 8.05. The molecule has 146 valence electrons. The summed E-state index contributed by atoms with van der Waals surface area (Å²) in [5.41, 5.74) is 2.34. The van der Waals surface area contributed by atoms with Crippen LogP contribution >= 0.6 is 11.6 Å². The Kier molecular flexibility index (Phi) is 5.32. The number of hydrazone groups is 1. The van der Waals surface area contributed by atoms with Gasteiger partial charge in [0.15, 0.2) is 0 Å². The topological polar surface area (TPSA) is 41.9 Å². The Morgan fingerprint density at radius 1 is 1.07 bits per heavy atom. The van der Waals surface area contributed by atoms with Crippen LogP contribution in [0.2, 0.25) is 5.02 Å². The Morgan fingerprint density at radius 3 is 2.45 bits per heavy atom. The molecule has 1 aliphatic heterocycles. The minimum Gasteiger partial charge on any atom is -0.497 e. The minimum atomic E-state index is -0.580. The summed E-state index contributed by atoms with van der Waals surface area (Å²) in [6.45, 7) is 0. The third-order valence-corrected chi connectivity index (χ3v) is 5.25. The standard InChI is InChI=1S/C23H18ClFN2O2/c1-29-16-12-10-15(11-13-16)21-14-22(17-6-2-4-8-19(17)24)27(26-21)23(28)18-7-3-5-9-20(18)25/h2-13,22H,14H2,1H3/t22-/m0/s1. The molecular weight excluding hydrogens is 391 g/mol. The van der Waals surface area contributed by atoms with E-state index in [0.29, 0.717) is 11.4 Å². The first kappa shape index (κ1) is 19.2. The number of halogens is 2. The van der Waals surface area contributed by atoms with Crippen molar-refractivity contribution in [2.75, 3.05) is 7.11 Å². The van der Waals surface area contributed by atoms with Gasteiger partial charge in [-0.3, -0.25) is 4.79 Å². The summed E-state index contributed by atoms with van der Waals surface area (Å²) in [4.78, 5) is 13.2. The molecule has 29 heavy (non-hydrogen) atoms. The Bertz CT molecular complexity index is 1080. The average Bonchev–Trinajstić information content (AvgIpc) is 3.19. The molecule has 1 heterocycles. The zero-order chi connectivity index (χ0) is 20.4. The predicted octanol–water partition coefficient (Wildman–Crippen LogP) is 5.48. The van der Waals surface area contributed by atoms with Gasteiger partial charge in [-0.05, 0) is 53.6 Å². The van der Waals surface area contributed by atoms with E-state index in [0.717, 1.165) is 22.6 Å². The summed E-state index contributed by atoms with van der Waals surface area (Å²) in [6.07, 6.45) is 0.469. The highest BCUT2D eigenvalue weighted by molar-refractivity contribution is 6.31. The molecule has 3 aromatic carbocycles. The van der Waals surface area contributed by atoms with Crippen molar-refractivity contribution in [3.63, 3.8) is 0 Å². The lowest BCUT2D eigenvalue weighted by molar-refractivity contribution is 0.0706. The number of carbonyl (C=O) groups is 1. The molecule has 1 amide bonds. The van der Waals surface area contributed by atoms with Crippen LogP contribution in [0.5, 0.6) is 5.75 Å². The van der Waals surface area contributed by atoms with E-state index in [1.165, 1.54) is 17.1 Å². The molecule has 4 nitrogen and oxygen atoms in total. The van der Waals surface area contributed by atoms with Crippen molar-refractivity contribution < 1.29 is 13.9 Å². The zero-order valence-corrected chi connectivity index (χ0v) is 16.4. The Balaban J connectivity index is 1.76. The van der Waals surface area contributed by atoms with E-state index in [9.17, 15) is 9.18 Å². The maximum absolute atomic E-state index is 14.3. The van der Waals surface area contributed by atoms with Crippen LogP contribution in [0.15, 0.2) is 77.9 Å². The summed E-state index contributed by atoms with van der Waals surface area (Å²) >= 11 is 6.41. The van der Waals surface area contributed by atoms with E-state index in [1.807, 2.05) is 42.5 Å². The number of hydrogen-bond donors (Lipinski definition) is 0. The largest absolute Gasteiger partial charge is 0.497 e. The molecule has 1 atom stereocenters. The van der Waals surface area contributed by atoms with Crippen LogP contribution in [0.1, 0.15) is 33.9 Å².